The van der Waals surface area contributed by atoms with Gasteiger partial charge in [0.05, 0.1) is 11.9 Å². The maximum absolute atomic E-state index is 14.5. The molecule has 0 bridgehead atoms. The van der Waals surface area contributed by atoms with E-state index in [0.717, 1.165) is 16.1 Å². The lowest BCUT2D eigenvalue weighted by molar-refractivity contribution is -0.139. The number of carbonyl (C=O) groups excluding carboxylic acids is 2. The first-order valence-corrected chi connectivity index (χ1v) is 13.6. The summed E-state index contributed by atoms with van der Waals surface area (Å²) >= 11 is 0. The van der Waals surface area contributed by atoms with Gasteiger partial charge in [0.1, 0.15) is 18.4 Å². The Morgan fingerprint density at radius 3 is 2.17 bits per heavy atom. The number of nitrogens with zero attached hydrogens (tertiary/aromatic N) is 2. The van der Waals surface area contributed by atoms with Crippen LogP contribution < -0.4 is 9.62 Å². The van der Waals surface area contributed by atoms with Gasteiger partial charge in [-0.2, -0.15) is 0 Å². The maximum Gasteiger partial charge on any atom is 0.244 e. The van der Waals surface area contributed by atoms with Crippen LogP contribution in [0.5, 0.6) is 0 Å². The molecule has 0 fully saturated rings. The second-order valence-electron chi connectivity index (χ2n) is 9.09. The summed E-state index contributed by atoms with van der Waals surface area (Å²) in [5.74, 6) is -1.49. The largest absolute Gasteiger partial charge is 0.352 e. The third kappa shape index (κ3) is 7.52. The Balaban J connectivity index is 2.47. The standard InChI is InChI=1S/C26H36FN3O4S/c1-7-19(4)28-26(32)20(5)29(16-21-12-8-10-14-23(21)27)25(31)17-30(35(6,33)34)24-15-11-9-13-22(24)18(2)3/h8-15,18-20H,7,16-17H2,1-6H3,(H,28,32)/t19-,20-/m0/s1. The zero-order valence-electron chi connectivity index (χ0n) is 21.3. The lowest BCUT2D eigenvalue weighted by atomic mass is 10.0. The van der Waals surface area contributed by atoms with Gasteiger partial charge in [0.15, 0.2) is 0 Å². The third-order valence-electron chi connectivity index (χ3n) is 5.97. The molecular formula is C26H36FN3O4S. The van der Waals surface area contributed by atoms with Gasteiger partial charge in [0, 0.05) is 18.2 Å². The first-order valence-electron chi connectivity index (χ1n) is 11.8. The smallest absolute Gasteiger partial charge is 0.244 e. The molecule has 35 heavy (non-hydrogen) atoms. The van der Waals surface area contributed by atoms with E-state index in [1.165, 1.54) is 23.1 Å². The van der Waals surface area contributed by atoms with E-state index in [1.807, 2.05) is 39.8 Å². The van der Waals surface area contributed by atoms with E-state index in [9.17, 15) is 22.4 Å². The van der Waals surface area contributed by atoms with Crippen LogP contribution in [0, 0.1) is 5.82 Å². The molecule has 2 aromatic carbocycles. The summed E-state index contributed by atoms with van der Waals surface area (Å²) in [6.45, 7) is 8.51. The predicted molar refractivity (Wildman–Crippen MR) is 137 cm³/mol. The highest BCUT2D eigenvalue weighted by atomic mass is 32.2. The lowest BCUT2D eigenvalue weighted by Crippen LogP contribution is -2.52. The number of nitrogens with one attached hydrogen (secondary N) is 1. The Morgan fingerprint density at radius 1 is 1.00 bits per heavy atom. The van der Waals surface area contributed by atoms with E-state index in [2.05, 4.69) is 5.32 Å². The summed E-state index contributed by atoms with van der Waals surface area (Å²) in [5.41, 5.74) is 1.41. The fourth-order valence-electron chi connectivity index (χ4n) is 3.66. The second kappa shape index (κ2) is 12.2. The number of carbonyl (C=O) groups is 2. The van der Waals surface area contributed by atoms with Gasteiger partial charge in [-0.1, -0.05) is 57.2 Å². The van der Waals surface area contributed by atoms with Gasteiger partial charge in [-0.15, -0.1) is 0 Å². The summed E-state index contributed by atoms with van der Waals surface area (Å²) in [5, 5.41) is 2.85. The summed E-state index contributed by atoms with van der Waals surface area (Å²) in [6, 6.07) is 12.0. The van der Waals surface area contributed by atoms with Gasteiger partial charge < -0.3 is 10.2 Å². The van der Waals surface area contributed by atoms with Crippen molar-refractivity contribution in [2.45, 2.75) is 65.6 Å². The van der Waals surface area contributed by atoms with Crippen LogP contribution in [-0.2, 0) is 26.2 Å². The van der Waals surface area contributed by atoms with Gasteiger partial charge in [0.2, 0.25) is 21.8 Å². The Hall–Kier alpha value is -2.94. The van der Waals surface area contributed by atoms with E-state index in [-0.39, 0.29) is 24.1 Å². The molecule has 2 atom stereocenters. The Bertz CT molecular complexity index is 1140. The third-order valence-corrected chi connectivity index (χ3v) is 7.10. The van der Waals surface area contributed by atoms with Crippen molar-refractivity contribution in [2.75, 3.05) is 17.1 Å². The van der Waals surface area contributed by atoms with Gasteiger partial charge in [-0.3, -0.25) is 13.9 Å². The summed E-state index contributed by atoms with van der Waals surface area (Å²) in [7, 11) is -3.84. The molecule has 2 amide bonds. The summed E-state index contributed by atoms with van der Waals surface area (Å²) < 4.78 is 41.1. The van der Waals surface area contributed by atoms with Crippen LogP contribution in [0.3, 0.4) is 0 Å². The number of halogens is 1. The quantitative estimate of drug-likeness (QED) is 0.499. The van der Waals surface area contributed by atoms with Crippen LogP contribution >= 0.6 is 0 Å². The molecule has 0 aliphatic carbocycles. The molecule has 0 aliphatic rings. The topological polar surface area (TPSA) is 86.8 Å². The Kier molecular flexibility index (Phi) is 9.82. The van der Waals surface area contributed by atoms with Gasteiger partial charge in [-0.05, 0) is 43.9 Å². The van der Waals surface area contributed by atoms with Crippen LogP contribution in [0.1, 0.15) is 58.1 Å². The highest BCUT2D eigenvalue weighted by Crippen LogP contribution is 2.29. The number of para-hydroxylation sites is 1. The van der Waals surface area contributed by atoms with Crippen molar-refractivity contribution in [1.29, 1.82) is 0 Å². The van der Waals surface area contributed by atoms with E-state index < -0.39 is 40.2 Å². The Labute approximate surface area is 208 Å². The number of hydrogen-bond donors (Lipinski definition) is 1. The lowest BCUT2D eigenvalue weighted by Gasteiger charge is -2.32. The Morgan fingerprint density at radius 2 is 1.60 bits per heavy atom. The highest BCUT2D eigenvalue weighted by molar-refractivity contribution is 7.92. The number of rotatable bonds is 11. The zero-order valence-corrected chi connectivity index (χ0v) is 22.1. The minimum atomic E-state index is -3.84. The molecule has 0 heterocycles. The van der Waals surface area contributed by atoms with E-state index >= 15 is 0 Å². The fourth-order valence-corrected chi connectivity index (χ4v) is 4.52. The van der Waals surface area contributed by atoms with Crippen LogP contribution in [0.4, 0.5) is 10.1 Å². The fraction of sp³-hybridized carbons (Fsp3) is 0.462. The minimum absolute atomic E-state index is 0.0142. The molecule has 0 spiro atoms. The molecule has 0 aromatic heterocycles. The van der Waals surface area contributed by atoms with Gasteiger partial charge >= 0.3 is 0 Å². The number of amides is 2. The highest BCUT2D eigenvalue weighted by Gasteiger charge is 2.31. The van der Waals surface area contributed by atoms with Gasteiger partial charge in [-0.25, -0.2) is 12.8 Å². The van der Waals surface area contributed by atoms with Crippen molar-refractivity contribution in [3.05, 3.63) is 65.5 Å². The molecule has 2 aromatic rings. The molecule has 0 saturated carbocycles. The molecule has 2 rings (SSSR count). The SMILES string of the molecule is CC[C@H](C)NC(=O)[C@H](C)N(Cc1ccccc1F)C(=O)CN(c1ccccc1C(C)C)S(C)(=O)=O. The zero-order chi connectivity index (χ0) is 26.3. The molecule has 1 N–H and O–H groups in total. The number of hydrogen-bond acceptors (Lipinski definition) is 4. The predicted octanol–water partition coefficient (Wildman–Crippen LogP) is 4.05. The van der Waals surface area contributed by atoms with E-state index in [1.54, 1.807) is 25.1 Å². The number of anilines is 1. The average Bonchev–Trinajstić information content (AvgIpc) is 2.80. The van der Waals surface area contributed by atoms with Crippen LogP contribution in [0.25, 0.3) is 0 Å². The summed E-state index contributed by atoms with van der Waals surface area (Å²) in [6.07, 6.45) is 1.74. The van der Waals surface area contributed by atoms with E-state index in [0.29, 0.717) is 12.1 Å². The molecule has 0 saturated heterocycles. The van der Waals surface area contributed by atoms with Crippen LogP contribution in [0.15, 0.2) is 48.5 Å². The molecule has 0 aliphatic heterocycles. The average molecular weight is 506 g/mol. The molecule has 9 heteroatoms. The first-order chi connectivity index (χ1) is 16.4. The van der Waals surface area contributed by atoms with Crippen LogP contribution in [-0.4, -0.2) is 50.0 Å². The van der Waals surface area contributed by atoms with Crippen molar-refractivity contribution in [3.63, 3.8) is 0 Å². The van der Waals surface area contributed by atoms with Crippen molar-refractivity contribution >= 4 is 27.5 Å². The molecule has 7 nitrogen and oxygen atoms in total. The van der Waals surface area contributed by atoms with E-state index in [4.69, 9.17) is 0 Å². The van der Waals surface area contributed by atoms with Crippen molar-refractivity contribution in [2.24, 2.45) is 0 Å². The molecule has 0 radical (unpaired) electrons. The molecule has 0 unspecified atom stereocenters. The normalized spacial score (nSPS) is 13.3. The van der Waals surface area contributed by atoms with Crippen LogP contribution in [0.2, 0.25) is 0 Å². The van der Waals surface area contributed by atoms with Gasteiger partial charge in [0.25, 0.3) is 0 Å². The second-order valence-corrected chi connectivity index (χ2v) is 11.0. The number of benzene rings is 2. The number of sulfonamides is 1. The van der Waals surface area contributed by atoms with Crippen molar-refractivity contribution in [1.82, 2.24) is 10.2 Å². The first kappa shape index (κ1) is 28.3. The maximum atomic E-state index is 14.5. The van der Waals surface area contributed by atoms with Crippen molar-refractivity contribution in [3.8, 4) is 0 Å². The van der Waals surface area contributed by atoms with Crippen molar-refractivity contribution < 1.29 is 22.4 Å². The molecular weight excluding hydrogens is 469 g/mol. The monoisotopic (exact) mass is 505 g/mol. The molecule has 192 valence electrons. The summed E-state index contributed by atoms with van der Waals surface area (Å²) in [4.78, 5) is 27.7. The minimum Gasteiger partial charge on any atom is -0.352 e.